The predicted octanol–water partition coefficient (Wildman–Crippen LogP) is 1.60. The molecular formula is C14H18FN3O3. The maximum Gasteiger partial charge on any atom is 0.305 e. The molecule has 1 atom stereocenters. The Kier molecular flexibility index (Phi) is 4.98. The fourth-order valence-electron chi connectivity index (χ4n) is 2.60. The van der Waals surface area contributed by atoms with E-state index in [0.717, 1.165) is 38.3 Å². The summed E-state index contributed by atoms with van der Waals surface area (Å²) in [4.78, 5) is 24.6. The number of carbonyl (C=O) groups is 1. The van der Waals surface area contributed by atoms with Gasteiger partial charge in [0.1, 0.15) is 0 Å². The number of hydrogen-bond donors (Lipinski definition) is 1. The lowest BCUT2D eigenvalue weighted by atomic mass is 9.99. The molecule has 0 saturated carbocycles. The van der Waals surface area contributed by atoms with Gasteiger partial charge < -0.3 is 5.32 Å². The van der Waals surface area contributed by atoms with Gasteiger partial charge in [-0.25, -0.2) is 0 Å². The summed E-state index contributed by atoms with van der Waals surface area (Å²) in [5.41, 5.74) is -0.468. The highest BCUT2D eigenvalue weighted by atomic mass is 19.1. The van der Waals surface area contributed by atoms with Crippen molar-refractivity contribution < 1.29 is 14.1 Å². The van der Waals surface area contributed by atoms with Crippen LogP contribution < -0.4 is 5.32 Å². The minimum atomic E-state index is -0.924. The molecule has 6 nitrogen and oxygen atoms in total. The van der Waals surface area contributed by atoms with Crippen molar-refractivity contribution in [3.63, 3.8) is 0 Å². The largest absolute Gasteiger partial charge is 0.314 e. The van der Waals surface area contributed by atoms with Crippen LogP contribution in [0.2, 0.25) is 0 Å². The molecule has 0 aliphatic carbocycles. The Labute approximate surface area is 122 Å². The summed E-state index contributed by atoms with van der Waals surface area (Å²) in [5, 5.41) is 14.0. The van der Waals surface area contributed by atoms with E-state index in [1.165, 1.54) is 6.07 Å². The average molecular weight is 295 g/mol. The van der Waals surface area contributed by atoms with Gasteiger partial charge in [0.25, 0.3) is 0 Å². The van der Waals surface area contributed by atoms with Crippen LogP contribution >= 0.6 is 0 Å². The molecule has 0 bridgehead atoms. The van der Waals surface area contributed by atoms with Crippen LogP contribution in [0.3, 0.4) is 0 Å². The van der Waals surface area contributed by atoms with Gasteiger partial charge in [-0.2, -0.15) is 4.39 Å². The number of nitro groups is 1. The summed E-state index contributed by atoms with van der Waals surface area (Å²) in [6.07, 6.45) is 0.615. The Morgan fingerprint density at radius 1 is 1.48 bits per heavy atom. The molecule has 1 aromatic carbocycles. The van der Waals surface area contributed by atoms with Gasteiger partial charge in [-0.15, -0.1) is 0 Å². The van der Waals surface area contributed by atoms with E-state index < -0.39 is 16.4 Å². The summed E-state index contributed by atoms with van der Waals surface area (Å²) in [6.45, 7) is 5.05. The van der Waals surface area contributed by atoms with Crippen LogP contribution in [0.5, 0.6) is 0 Å². The number of piperazine rings is 1. The Bertz CT molecular complexity index is 544. The molecular weight excluding hydrogens is 277 g/mol. The minimum Gasteiger partial charge on any atom is -0.314 e. The molecule has 7 heteroatoms. The molecule has 21 heavy (non-hydrogen) atoms. The highest BCUT2D eigenvalue weighted by Gasteiger charge is 2.28. The fourth-order valence-corrected chi connectivity index (χ4v) is 2.60. The summed E-state index contributed by atoms with van der Waals surface area (Å²) in [5.74, 6) is -1.12. The first kappa shape index (κ1) is 15.5. The van der Waals surface area contributed by atoms with E-state index in [0.29, 0.717) is 6.42 Å². The van der Waals surface area contributed by atoms with Crippen molar-refractivity contribution in [1.29, 1.82) is 0 Å². The van der Waals surface area contributed by atoms with Crippen molar-refractivity contribution in [3.05, 3.63) is 39.7 Å². The first-order valence-electron chi connectivity index (χ1n) is 6.97. The normalized spacial score (nSPS) is 17.4. The molecule has 1 aliphatic heterocycles. The van der Waals surface area contributed by atoms with Gasteiger partial charge in [0.05, 0.1) is 11.0 Å². The second kappa shape index (κ2) is 6.73. The van der Waals surface area contributed by atoms with Crippen LogP contribution in [0.15, 0.2) is 18.2 Å². The van der Waals surface area contributed by atoms with Crippen molar-refractivity contribution in [2.45, 2.75) is 19.4 Å². The van der Waals surface area contributed by atoms with E-state index in [-0.39, 0.29) is 17.4 Å². The molecule has 1 saturated heterocycles. The first-order chi connectivity index (χ1) is 10.0. The SMILES string of the molecule is CCC(C(=O)c1ccc(F)c([N+](=O)[O-])c1)N1CCNCC1. The number of halogens is 1. The number of nitro benzene ring substituents is 1. The molecule has 1 fully saturated rings. The van der Waals surface area contributed by atoms with Gasteiger partial charge >= 0.3 is 5.69 Å². The van der Waals surface area contributed by atoms with Gasteiger partial charge in [0, 0.05) is 37.8 Å². The quantitative estimate of drug-likeness (QED) is 0.507. The lowest BCUT2D eigenvalue weighted by Crippen LogP contribution is -2.51. The van der Waals surface area contributed by atoms with Crippen LogP contribution in [0.1, 0.15) is 23.7 Å². The third-order valence-corrected chi connectivity index (χ3v) is 3.71. The zero-order valence-electron chi connectivity index (χ0n) is 11.8. The lowest BCUT2D eigenvalue weighted by molar-refractivity contribution is -0.387. The number of nitrogens with one attached hydrogen (secondary N) is 1. The number of nitrogens with zero attached hydrogens (tertiary/aromatic N) is 2. The highest BCUT2D eigenvalue weighted by molar-refractivity contribution is 6.00. The Balaban J connectivity index is 2.24. The Morgan fingerprint density at radius 2 is 2.14 bits per heavy atom. The van der Waals surface area contributed by atoms with E-state index >= 15 is 0 Å². The second-order valence-corrected chi connectivity index (χ2v) is 5.00. The van der Waals surface area contributed by atoms with Gasteiger partial charge in [-0.3, -0.25) is 19.8 Å². The molecule has 1 N–H and O–H groups in total. The fraction of sp³-hybridized carbons (Fsp3) is 0.500. The average Bonchev–Trinajstić information content (AvgIpc) is 2.49. The summed E-state index contributed by atoms with van der Waals surface area (Å²) < 4.78 is 13.3. The monoisotopic (exact) mass is 295 g/mol. The zero-order valence-corrected chi connectivity index (χ0v) is 11.8. The summed E-state index contributed by atoms with van der Waals surface area (Å²) in [7, 11) is 0. The number of hydrogen-bond acceptors (Lipinski definition) is 5. The molecule has 1 unspecified atom stereocenters. The molecule has 0 amide bonds. The van der Waals surface area contributed by atoms with Crippen molar-refractivity contribution in [2.24, 2.45) is 0 Å². The van der Waals surface area contributed by atoms with Crippen molar-refractivity contribution >= 4 is 11.5 Å². The van der Waals surface area contributed by atoms with Crippen LogP contribution in [0, 0.1) is 15.9 Å². The van der Waals surface area contributed by atoms with Crippen LogP contribution in [0.25, 0.3) is 0 Å². The van der Waals surface area contributed by atoms with Gasteiger partial charge in [-0.1, -0.05) is 6.92 Å². The molecule has 114 valence electrons. The molecule has 1 heterocycles. The predicted molar refractivity (Wildman–Crippen MR) is 75.9 cm³/mol. The smallest absolute Gasteiger partial charge is 0.305 e. The number of rotatable bonds is 5. The standard InChI is InChI=1S/C14H18FN3O3/c1-2-12(17-7-5-16-6-8-17)14(19)10-3-4-11(15)13(9-10)18(20)21/h3-4,9,12,16H,2,5-8H2,1H3. The summed E-state index contributed by atoms with van der Waals surface area (Å²) >= 11 is 0. The van der Waals surface area contributed by atoms with Crippen LogP contribution in [-0.2, 0) is 0 Å². The number of benzene rings is 1. The lowest BCUT2D eigenvalue weighted by Gasteiger charge is -2.33. The van der Waals surface area contributed by atoms with E-state index in [1.807, 2.05) is 6.92 Å². The Morgan fingerprint density at radius 3 is 2.71 bits per heavy atom. The topological polar surface area (TPSA) is 75.5 Å². The summed E-state index contributed by atoms with van der Waals surface area (Å²) in [6, 6.07) is 3.01. The van der Waals surface area contributed by atoms with E-state index in [2.05, 4.69) is 10.2 Å². The molecule has 1 aliphatic rings. The van der Waals surface area contributed by atoms with Gasteiger partial charge in [0.2, 0.25) is 5.82 Å². The number of Topliss-reactive ketones (excluding diaryl/α,β-unsaturated/α-hetero) is 1. The van der Waals surface area contributed by atoms with Crippen LogP contribution in [-0.4, -0.2) is 47.8 Å². The molecule has 0 radical (unpaired) electrons. The first-order valence-corrected chi connectivity index (χ1v) is 6.97. The van der Waals surface area contributed by atoms with Crippen molar-refractivity contribution in [3.8, 4) is 0 Å². The van der Waals surface area contributed by atoms with Crippen LogP contribution in [0.4, 0.5) is 10.1 Å². The third-order valence-electron chi connectivity index (χ3n) is 3.71. The Hall–Kier alpha value is -1.86. The maximum atomic E-state index is 13.3. The molecule has 2 rings (SSSR count). The number of ketones is 1. The van der Waals surface area contributed by atoms with Gasteiger partial charge in [0.15, 0.2) is 5.78 Å². The minimum absolute atomic E-state index is 0.188. The van der Waals surface area contributed by atoms with E-state index in [4.69, 9.17) is 0 Å². The van der Waals surface area contributed by atoms with Crippen molar-refractivity contribution in [1.82, 2.24) is 10.2 Å². The zero-order chi connectivity index (χ0) is 15.4. The molecule has 0 aromatic heterocycles. The van der Waals surface area contributed by atoms with Crippen molar-refractivity contribution in [2.75, 3.05) is 26.2 Å². The number of carbonyl (C=O) groups excluding carboxylic acids is 1. The maximum absolute atomic E-state index is 13.3. The second-order valence-electron chi connectivity index (χ2n) is 5.00. The highest BCUT2D eigenvalue weighted by Crippen LogP contribution is 2.21. The third kappa shape index (κ3) is 3.43. The van der Waals surface area contributed by atoms with Gasteiger partial charge in [-0.05, 0) is 18.6 Å². The van der Waals surface area contributed by atoms with E-state index in [1.54, 1.807) is 0 Å². The van der Waals surface area contributed by atoms with E-state index in [9.17, 15) is 19.3 Å². The molecule has 1 aromatic rings. The molecule has 0 spiro atoms.